The number of methoxy groups -OCH3 is 1. The highest BCUT2D eigenvalue weighted by molar-refractivity contribution is 6.08. The van der Waals surface area contributed by atoms with Crippen molar-refractivity contribution >= 4 is 17.7 Å². The minimum Gasteiger partial charge on any atom is -0.496 e. The van der Waals surface area contributed by atoms with E-state index in [0.29, 0.717) is 25.9 Å². The van der Waals surface area contributed by atoms with Gasteiger partial charge in [-0.3, -0.25) is 4.79 Å². The van der Waals surface area contributed by atoms with Crippen LogP contribution in [-0.4, -0.2) is 44.1 Å². The molecule has 0 radical (unpaired) electrons. The lowest BCUT2D eigenvalue weighted by Crippen LogP contribution is -2.49. The summed E-state index contributed by atoms with van der Waals surface area (Å²) in [6, 6.07) is 15.4. The Hall–Kier alpha value is -3.02. The molecule has 1 fully saturated rings. The molecule has 2 aliphatic rings. The molecule has 2 aromatic carbocycles. The van der Waals surface area contributed by atoms with Gasteiger partial charge in [0, 0.05) is 25.7 Å². The number of amides is 2. The first-order valence-corrected chi connectivity index (χ1v) is 9.48. The van der Waals surface area contributed by atoms with E-state index in [2.05, 4.69) is 0 Å². The molecule has 0 aliphatic carbocycles. The van der Waals surface area contributed by atoms with Crippen LogP contribution in [0.4, 0.5) is 10.5 Å². The Labute approximate surface area is 164 Å². The maximum Gasteiger partial charge on any atom is 0.410 e. The number of fused-ring (bicyclic) bond motifs is 2. The van der Waals surface area contributed by atoms with Crippen LogP contribution in [0.15, 0.2) is 48.5 Å². The molecule has 0 unspecified atom stereocenters. The molecule has 0 aromatic heterocycles. The number of hydrogen-bond donors (Lipinski definition) is 0. The molecule has 2 heterocycles. The second kappa shape index (κ2) is 7.19. The third kappa shape index (κ3) is 2.89. The van der Waals surface area contributed by atoms with E-state index in [9.17, 15) is 9.59 Å². The molecule has 0 bridgehead atoms. The zero-order valence-electron chi connectivity index (χ0n) is 16.2. The van der Waals surface area contributed by atoms with Gasteiger partial charge in [-0.25, -0.2) is 4.79 Å². The van der Waals surface area contributed by atoms with Gasteiger partial charge in [0.05, 0.1) is 18.2 Å². The van der Waals surface area contributed by atoms with Crippen molar-refractivity contribution in [3.63, 3.8) is 0 Å². The third-order valence-electron chi connectivity index (χ3n) is 5.86. The van der Waals surface area contributed by atoms with E-state index in [4.69, 9.17) is 9.47 Å². The van der Waals surface area contributed by atoms with Crippen LogP contribution in [0.1, 0.15) is 24.0 Å². The van der Waals surface area contributed by atoms with Gasteiger partial charge in [0.1, 0.15) is 12.4 Å². The van der Waals surface area contributed by atoms with E-state index in [1.165, 1.54) is 0 Å². The number of piperidine rings is 1. The molecule has 1 spiro atoms. The number of anilines is 1. The van der Waals surface area contributed by atoms with Crippen LogP contribution in [0.2, 0.25) is 0 Å². The fourth-order valence-corrected chi connectivity index (χ4v) is 4.33. The lowest BCUT2D eigenvalue weighted by atomic mass is 9.73. The van der Waals surface area contributed by atoms with E-state index >= 15 is 0 Å². The summed E-state index contributed by atoms with van der Waals surface area (Å²) in [4.78, 5) is 29.0. The maximum atomic E-state index is 13.1. The molecule has 2 aliphatic heterocycles. The van der Waals surface area contributed by atoms with Crippen molar-refractivity contribution in [3.05, 3.63) is 59.7 Å². The van der Waals surface area contributed by atoms with Crippen LogP contribution in [0, 0.1) is 0 Å². The monoisotopic (exact) mass is 380 g/mol. The summed E-state index contributed by atoms with van der Waals surface area (Å²) in [5.41, 5.74) is 2.16. The summed E-state index contributed by atoms with van der Waals surface area (Å²) in [5.74, 6) is 0.805. The third-order valence-corrected chi connectivity index (χ3v) is 5.86. The molecular formula is C22H24N2O4. The van der Waals surface area contributed by atoms with E-state index in [1.807, 2.05) is 48.5 Å². The van der Waals surface area contributed by atoms with Gasteiger partial charge in [0.25, 0.3) is 0 Å². The van der Waals surface area contributed by atoms with Crippen molar-refractivity contribution in [2.75, 3.05) is 32.1 Å². The maximum absolute atomic E-state index is 13.1. The largest absolute Gasteiger partial charge is 0.496 e. The Morgan fingerprint density at radius 3 is 2.46 bits per heavy atom. The van der Waals surface area contributed by atoms with Gasteiger partial charge < -0.3 is 19.3 Å². The molecule has 6 nitrogen and oxygen atoms in total. The van der Waals surface area contributed by atoms with Crippen LogP contribution in [0.5, 0.6) is 5.75 Å². The zero-order chi connectivity index (χ0) is 19.7. The predicted molar refractivity (Wildman–Crippen MR) is 106 cm³/mol. The fraction of sp³-hybridized carbons (Fsp3) is 0.364. The number of likely N-dealkylation sites (N-methyl/N-ethyl adjacent to an activating group) is 1. The number of likely N-dealkylation sites (tertiary alicyclic amines) is 1. The number of hydrogen-bond acceptors (Lipinski definition) is 4. The number of nitrogens with zero attached hydrogens (tertiary/aromatic N) is 2. The second-order valence-electron chi connectivity index (χ2n) is 7.33. The predicted octanol–water partition coefficient (Wildman–Crippen LogP) is 3.34. The SMILES string of the molecule is COc1cccc2c1C1(CCN(C(=O)OCc3ccccc3)CC1)C(=O)N2C. The van der Waals surface area contributed by atoms with E-state index < -0.39 is 5.41 Å². The number of ether oxygens (including phenoxy) is 2. The van der Waals surface area contributed by atoms with Crippen LogP contribution in [0.25, 0.3) is 0 Å². The standard InChI is InChI=1S/C22H24N2O4/c1-23-17-9-6-10-18(27-2)19(17)22(20(23)25)11-13-24(14-12-22)21(26)28-15-16-7-4-3-5-8-16/h3-10H,11-15H2,1-2H3. The van der Waals surface area contributed by atoms with Gasteiger partial charge in [0.15, 0.2) is 0 Å². The van der Waals surface area contributed by atoms with Gasteiger partial charge in [0.2, 0.25) is 5.91 Å². The van der Waals surface area contributed by atoms with Crippen molar-refractivity contribution in [2.24, 2.45) is 0 Å². The quantitative estimate of drug-likeness (QED) is 0.819. The minimum atomic E-state index is -0.632. The van der Waals surface area contributed by atoms with Crippen LogP contribution >= 0.6 is 0 Å². The Morgan fingerprint density at radius 1 is 1.07 bits per heavy atom. The van der Waals surface area contributed by atoms with Gasteiger partial charge in [-0.2, -0.15) is 0 Å². The van der Waals surface area contributed by atoms with Crippen molar-refractivity contribution in [2.45, 2.75) is 24.9 Å². The van der Waals surface area contributed by atoms with Crippen molar-refractivity contribution < 1.29 is 19.1 Å². The molecular weight excluding hydrogens is 356 g/mol. The van der Waals surface area contributed by atoms with Gasteiger partial charge in [-0.05, 0) is 30.5 Å². The Morgan fingerprint density at radius 2 is 1.79 bits per heavy atom. The molecule has 1 saturated heterocycles. The number of carbonyl (C=O) groups excluding carboxylic acids is 2. The summed E-state index contributed by atoms with van der Waals surface area (Å²) in [6.45, 7) is 1.20. The van der Waals surface area contributed by atoms with Gasteiger partial charge in [-0.15, -0.1) is 0 Å². The van der Waals surface area contributed by atoms with Crippen molar-refractivity contribution in [3.8, 4) is 5.75 Å². The summed E-state index contributed by atoms with van der Waals surface area (Å²) in [5, 5.41) is 0. The average molecular weight is 380 g/mol. The minimum absolute atomic E-state index is 0.0734. The average Bonchev–Trinajstić information content (AvgIpc) is 2.95. The zero-order valence-corrected chi connectivity index (χ0v) is 16.2. The first kappa shape index (κ1) is 18.3. The first-order valence-electron chi connectivity index (χ1n) is 9.48. The summed E-state index contributed by atoms with van der Waals surface area (Å²) >= 11 is 0. The number of rotatable bonds is 3. The van der Waals surface area contributed by atoms with Gasteiger partial charge >= 0.3 is 6.09 Å². The van der Waals surface area contributed by atoms with Crippen LogP contribution < -0.4 is 9.64 Å². The highest BCUT2D eigenvalue weighted by atomic mass is 16.6. The molecule has 4 rings (SSSR count). The summed E-state index contributed by atoms with van der Waals surface area (Å²) < 4.78 is 11.0. The van der Waals surface area contributed by atoms with E-state index in [-0.39, 0.29) is 18.6 Å². The molecule has 0 N–H and O–H groups in total. The molecule has 2 aromatic rings. The molecule has 0 saturated carbocycles. The first-order chi connectivity index (χ1) is 13.6. The fourth-order valence-electron chi connectivity index (χ4n) is 4.33. The molecule has 6 heteroatoms. The Balaban J connectivity index is 1.48. The highest BCUT2D eigenvalue weighted by Crippen LogP contribution is 2.51. The summed E-state index contributed by atoms with van der Waals surface area (Å²) in [6.07, 6.45) is 0.784. The Bertz CT molecular complexity index is 889. The van der Waals surface area contributed by atoms with Crippen molar-refractivity contribution in [1.82, 2.24) is 4.90 Å². The number of benzene rings is 2. The second-order valence-corrected chi connectivity index (χ2v) is 7.33. The van der Waals surface area contributed by atoms with E-state index in [0.717, 1.165) is 22.6 Å². The lowest BCUT2D eigenvalue weighted by Gasteiger charge is -2.38. The summed E-state index contributed by atoms with van der Waals surface area (Å²) in [7, 11) is 3.43. The normalized spacial score (nSPS) is 17.6. The van der Waals surface area contributed by atoms with Crippen LogP contribution in [0.3, 0.4) is 0 Å². The lowest BCUT2D eigenvalue weighted by molar-refractivity contribution is -0.124. The highest BCUT2D eigenvalue weighted by Gasteiger charge is 2.53. The van der Waals surface area contributed by atoms with Crippen molar-refractivity contribution in [1.29, 1.82) is 0 Å². The topological polar surface area (TPSA) is 59.1 Å². The molecule has 0 atom stereocenters. The Kier molecular flexibility index (Phi) is 4.71. The molecule has 28 heavy (non-hydrogen) atoms. The van der Waals surface area contributed by atoms with E-state index in [1.54, 1.807) is 24.0 Å². The molecule has 2 amide bonds. The number of carbonyl (C=O) groups is 2. The molecule has 146 valence electrons. The van der Waals surface area contributed by atoms with Gasteiger partial charge in [-0.1, -0.05) is 36.4 Å². The van der Waals surface area contributed by atoms with Crippen LogP contribution in [-0.2, 0) is 21.6 Å². The smallest absolute Gasteiger partial charge is 0.410 e.